The molecule has 2 aliphatic heterocycles. The Hall–Kier alpha value is -5.28. The summed E-state index contributed by atoms with van der Waals surface area (Å²) >= 11 is 0. The second-order valence-electron chi connectivity index (χ2n) is 12.5. The van der Waals surface area contributed by atoms with E-state index in [2.05, 4.69) is 0 Å². The van der Waals surface area contributed by atoms with E-state index in [-0.39, 0.29) is 28.4 Å². The minimum atomic E-state index is -1.98. The number of benzene rings is 3. The predicted octanol–water partition coefficient (Wildman–Crippen LogP) is -0.802. The Morgan fingerprint density at radius 2 is 1.33 bits per heavy atom. The van der Waals surface area contributed by atoms with Gasteiger partial charge in [0.1, 0.15) is 89.4 Å². The van der Waals surface area contributed by atoms with E-state index in [0.717, 1.165) is 18.2 Å². The van der Waals surface area contributed by atoms with E-state index < -0.39 is 109 Å². The molecule has 4 unspecified atom stereocenters. The molecule has 2 fully saturated rings. The van der Waals surface area contributed by atoms with E-state index in [4.69, 9.17) is 28.1 Å². The summed E-state index contributed by atoms with van der Waals surface area (Å²) < 4.78 is 33.5. The number of aromatic hydroxyl groups is 3. The van der Waals surface area contributed by atoms with Crippen LogP contribution in [0.25, 0.3) is 28.4 Å². The van der Waals surface area contributed by atoms with Crippen LogP contribution < -0.4 is 14.9 Å². The topological polar surface area (TPSA) is 296 Å². The lowest BCUT2D eigenvalue weighted by molar-refractivity contribution is -0.278. The van der Waals surface area contributed by atoms with Gasteiger partial charge in [-0.25, -0.2) is 4.79 Å². The third kappa shape index (κ3) is 7.97. The lowest BCUT2D eigenvalue weighted by Gasteiger charge is -2.39. The molecule has 6 rings (SSSR count). The second-order valence-corrected chi connectivity index (χ2v) is 12.5. The van der Waals surface area contributed by atoms with Gasteiger partial charge in [-0.3, -0.25) is 4.79 Å². The Kier molecular flexibility index (Phi) is 11.4. The molecule has 0 saturated carbocycles. The molecule has 0 amide bonds. The van der Waals surface area contributed by atoms with Gasteiger partial charge in [0.15, 0.2) is 5.76 Å². The van der Waals surface area contributed by atoms with E-state index in [9.17, 15) is 60.7 Å². The van der Waals surface area contributed by atoms with Gasteiger partial charge in [0, 0.05) is 23.8 Å². The van der Waals surface area contributed by atoms with Crippen molar-refractivity contribution in [1.82, 2.24) is 0 Å². The van der Waals surface area contributed by atoms with Gasteiger partial charge in [0.05, 0.1) is 6.61 Å². The van der Waals surface area contributed by atoms with Crippen LogP contribution in [-0.4, -0.2) is 132 Å². The summed E-state index contributed by atoms with van der Waals surface area (Å²) in [6.45, 7) is -1.32. The number of aliphatic hydroxyl groups excluding tert-OH is 7. The smallest absolute Gasteiger partial charge is 0.330 e. The molecule has 2 aliphatic rings. The maximum atomic E-state index is 13.9. The molecule has 0 bridgehead atoms. The number of rotatable bonds is 10. The van der Waals surface area contributed by atoms with Crippen LogP contribution in [0, 0.1) is 0 Å². The number of hydrogen-bond acceptors (Lipinski definition) is 18. The summed E-state index contributed by atoms with van der Waals surface area (Å²) in [5, 5.41) is 102. The lowest BCUT2D eigenvalue weighted by Crippen LogP contribution is -2.60. The summed E-state index contributed by atoms with van der Waals surface area (Å²) in [6.07, 6.45) is -14.4. The fraction of sp³-hybridized carbons (Fsp3) is 0.333. The van der Waals surface area contributed by atoms with Gasteiger partial charge in [-0.15, -0.1) is 0 Å². The molecule has 10 atom stereocenters. The van der Waals surface area contributed by atoms with Crippen LogP contribution in [0.1, 0.15) is 5.56 Å². The van der Waals surface area contributed by atoms with E-state index in [1.54, 1.807) is 12.1 Å². The minimum absolute atomic E-state index is 0.0259. The fourth-order valence-corrected chi connectivity index (χ4v) is 5.78. The van der Waals surface area contributed by atoms with Crippen molar-refractivity contribution in [3.05, 3.63) is 82.5 Å². The van der Waals surface area contributed by atoms with Crippen molar-refractivity contribution in [2.75, 3.05) is 13.2 Å². The molecule has 10 N–H and O–H groups in total. The summed E-state index contributed by atoms with van der Waals surface area (Å²) in [7, 11) is 0. The summed E-state index contributed by atoms with van der Waals surface area (Å²) in [6, 6.07) is 13.2. The van der Waals surface area contributed by atoms with Crippen molar-refractivity contribution in [1.29, 1.82) is 0 Å². The first-order valence-electron chi connectivity index (χ1n) is 16.4. The average Bonchev–Trinajstić information content (AvgIpc) is 3.15. The monoisotopic (exact) mass is 756 g/mol. The van der Waals surface area contributed by atoms with Gasteiger partial charge >= 0.3 is 5.97 Å². The van der Waals surface area contributed by atoms with Gasteiger partial charge in [-0.2, -0.15) is 0 Å². The Labute approximate surface area is 304 Å². The quantitative estimate of drug-likeness (QED) is 0.0700. The highest BCUT2D eigenvalue weighted by atomic mass is 16.7. The molecule has 54 heavy (non-hydrogen) atoms. The second kappa shape index (κ2) is 16.0. The largest absolute Gasteiger partial charge is 0.508 e. The number of carbonyl (C=O) groups excluding carboxylic acids is 1. The molecular weight excluding hydrogens is 720 g/mol. The highest BCUT2D eigenvalue weighted by molar-refractivity contribution is 5.88. The van der Waals surface area contributed by atoms with Crippen LogP contribution in [0.4, 0.5) is 0 Å². The fourth-order valence-electron chi connectivity index (χ4n) is 5.78. The van der Waals surface area contributed by atoms with Gasteiger partial charge < -0.3 is 79.2 Å². The first-order valence-corrected chi connectivity index (χ1v) is 16.4. The number of carbonyl (C=O) groups is 1. The van der Waals surface area contributed by atoms with Gasteiger partial charge in [-0.1, -0.05) is 12.1 Å². The first-order chi connectivity index (χ1) is 25.7. The van der Waals surface area contributed by atoms with Crippen molar-refractivity contribution < 1.29 is 84.0 Å². The zero-order chi connectivity index (χ0) is 38.8. The van der Waals surface area contributed by atoms with Crippen molar-refractivity contribution in [3.63, 3.8) is 0 Å². The third-order valence-electron chi connectivity index (χ3n) is 8.73. The van der Waals surface area contributed by atoms with Crippen LogP contribution in [0.15, 0.2) is 76.0 Å². The normalized spacial score (nSPS) is 28.6. The first kappa shape index (κ1) is 38.4. The number of fused-ring (bicyclic) bond motifs is 1. The molecule has 2 saturated heterocycles. The molecule has 0 aliphatic carbocycles. The molecule has 3 heterocycles. The minimum Gasteiger partial charge on any atom is -0.508 e. The molecule has 0 radical (unpaired) electrons. The van der Waals surface area contributed by atoms with Gasteiger partial charge in [0.2, 0.25) is 23.8 Å². The van der Waals surface area contributed by atoms with E-state index >= 15 is 0 Å². The Bertz CT molecular complexity index is 2030. The number of hydrogen-bond donors (Lipinski definition) is 10. The van der Waals surface area contributed by atoms with Gasteiger partial charge in [-0.05, 0) is 48.0 Å². The Balaban J connectivity index is 1.26. The summed E-state index contributed by atoms with van der Waals surface area (Å²) in [5.74, 6) is -2.94. The average molecular weight is 757 g/mol. The SMILES string of the molecule is O=C(/C=C/c1ccc(O)cc1)OC[C@H]1O[C@@H](Oc2c(-c3ccc(O[C@@H]4O[C@H](CO)[C@@H](O)C(O)C4O)cc3)oc3cc(O)cc(O)c3c2=O)C(O)C(O)[C@@H]1O. The zero-order valence-electron chi connectivity index (χ0n) is 27.9. The van der Waals surface area contributed by atoms with Crippen molar-refractivity contribution in [2.45, 2.75) is 61.4 Å². The maximum Gasteiger partial charge on any atom is 0.330 e. The van der Waals surface area contributed by atoms with Crippen molar-refractivity contribution in [3.8, 4) is 40.1 Å². The molecular formula is C36H36O18. The van der Waals surface area contributed by atoms with Crippen molar-refractivity contribution in [2.24, 2.45) is 0 Å². The predicted molar refractivity (Wildman–Crippen MR) is 181 cm³/mol. The third-order valence-corrected chi connectivity index (χ3v) is 8.73. The molecule has 288 valence electrons. The number of phenols is 3. The molecule has 18 heteroatoms. The van der Waals surface area contributed by atoms with Gasteiger partial charge in [0.25, 0.3) is 0 Å². The molecule has 4 aromatic rings. The Morgan fingerprint density at radius 3 is 1.98 bits per heavy atom. The van der Waals surface area contributed by atoms with Crippen LogP contribution in [0.2, 0.25) is 0 Å². The molecule has 18 nitrogen and oxygen atoms in total. The number of aliphatic hydroxyl groups is 7. The summed E-state index contributed by atoms with van der Waals surface area (Å²) in [4.78, 5) is 26.3. The number of phenolic OH excluding ortho intramolecular Hbond substituents is 3. The van der Waals surface area contributed by atoms with E-state index in [0.29, 0.717) is 5.56 Å². The standard InChI is InChI=1S/C36H36O18/c37-13-22-26(42)29(45)31(47)35(52-22)50-19-8-4-16(5-9-19)33-34(28(44)25-20(40)11-18(39)12-21(25)51-33)54-36-32(48)30(46)27(43)23(53-36)14-49-24(41)10-3-15-1-6-17(38)7-2-15/h1-12,22-23,26-27,29-32,35-40,42-43,45-48H,13-14H2/b10-3+/t22-,23-,26-,27-,29?,30?,31?,32?,35-,36+/m1/s1. The highest BCUT2D eigenvalue weighted by Crippen LogP contribution is 2.38. The number of ether oxygens (including phenoxy) is 5. The lowest BCUT2D eigenvalue weighted by atomic mass is 9.99. The maximum absolute atomic E-state index is 13.9. The highest BCUT2D eigenvalue weighted by Gasteiger charge is 2.47. The van der Waals surface area contributed by atoms with E-state index in [1.807, 2.05) is 0 Å². The summed E-state index contributed by atoms with van der Waals surface area (Å²) in [5.41, 5.74) is -0.630. The Morgan fingerprint density at radius 1 is 0.722 bits per heavy atom. The van der Waals surface area contributed by atoms with Crippen LogP contribution in [0.3, 0.4) is 0 Å². The van der Waals surface area contributed by atoms with Crippen LogP contribution >= 0.6 is 0 Å². The van der Waals surface area contributed by atoms with Crippen LogP contribution in [-0.2, 0) is 19.0 Å². The van der Waals surface area contributed by atoms with Crippen LogP contribution in [0.5, 0.6) is 28.7 Å². The molecule has 0 spiro atoms. The molecule has 1 aromatic heterocycles. The molecule has 3 aromatic carbocycles. The van der Waals surface area contributed by atoms with E-state index in [1.165, 1.54) is 42.5 Å². The number of esters is 1. The van der Waals surface area contributed by atoms with Crippen molar-refractivity contribution >= 4 is 23.0 Å². The zero-order valence-corrected chi connectivity index (χ0v) is 27.9.